The molecule has 4 N–H and O–H groups in total. The first-order valence-electron chi connectivity index (χ1n) is 5.42. The summed E-state index contributed by atoms with van der Waals surface area (Å²) in [5.74, 6) is -0.228. The number of likely N-dealkylation sites (tertiary alicyclic amines) is 1. The smallest absolute Gasteiger partial charge is 0.234 e. The van der Waals surface area contributed by atoms with Gasteiger partial charge in [-0.05, 0) is 39.3 Å². The van der Waals surface area contributed by atoms with Crippen molar-refractivity contribution in [3.63, 3.8) is 0 Å². The van der Waals surface area contributed by atoms with Crippen molar-refractivity contribution in [2.45, 2.75) is 44.7 Å². The molecular weight excluding hydrogens is 178 g/mol. The molecular formula is C10H21N3O. The number of nitrogens with zero attached hydrogens (tertiary/aromatic N) is 1. The Hall–Kier alpha value is -0.610. The summed E-state index contributed by atoms with van der Waals surface area (Å²) < 4.78 is 0. The number of hydrogen-bond acceptors (Lipinski definition) is 3. The zero-order valence-electron chi connectivity index (χ0n) is 8.91. The second-order valence-electron chi connectivity index (χ2n) is 4.04. The number of hydrogen-bond donors (Lipinski definition) is 2. The molecule has 0 aromatic heterocycles. The van der Waals surface area contributed by atoms with E-state index in [2.05, 4.69) is 4.90 Å². The van der Waals surface area contributed by atoms with E-state index < -0.39 is 0 Å². The van der Waals surface area contributed by atoms with Crippen LogP contribution in [0.4, 0.5) is 0 Å². The lowest BCUT2D eigenvalue weighted by atomic mass is 9.97. The Kier molecular flexibility index (Phi) is 4.35. The Morgan fingerprint density at radius 1 is 1.57 bits per heavy atom. The first-order valence-corrected chi connectivity index (χ1v) is 5.42. The van der Waals surface area contributed by atoms with Crippen LogP contribution in [0.25, 0.3) is 0 Å². The van der Waals surface area contributed by atoms with E-state index >= 15 is 0 Å². The maximum absolute atomic E-state index is 11.1. The number of piperidine rings is 1. The molecule has 1 fully saturated rings. The van der Waals surface area contributed by atoms with Gasteiger partial charge in [-0.25, -0.2) is 0 Å². The molecule has 0 aromatic carbocycles. The third kappa shape index (κ3) is 2.69. The van der Waals surface area contributed by atoms with Crippen LogP contribution in [0.2, 0.25) is 0 Å². The molecule has 1 rings (SSSR count). The van der Waals surface area contributed by atoms with Crippen LogP contribution in [-0.2, 0) is 4.79 Å². The molecule has 1 aliphatic heterocycles. The van der Waals surface area contributed by atoms with Crippen LogP contribution in [-0.4, -0.2) is 36.0 Å². The highest BCUT2D eigenvalue weighted by atomic mass is 16.1. The van der Waals surface area contributed by atoms with Gasteiger partial charge in [-0.3, -0.25) is 9.69 Å². The average molecular weight is 199 g/mol. The summed E-state index contributed by atoms with van der Waals surface area (Å²) in [5, 5.41) is 0. The van der Waals surface area contributed by atoms with Crippen molar-refractivity contribution in [3.05, 3.63) is 0 Å². The molecule has 4 nitrogen and oxygen atoms in total. The molecule has 2 unspecified atom stereocenters. The fourth-order valence-corrected chi connectivity index (χ4v) is 2.20. The molecule has 0 aromatic rings. The third-order valence-electron chi connectivity index (χ3n) is 3.08. The predicted molar refractivity (Wildman–Crippen MR) is 56.7 cm³/mol. The summed E-state index contributed by atoms with van der Waals surface area (Å²) in [6.45, 7) is 3.55. The number of carbonyl (C=O) groups excluding carboxylic acids is 1. The molecule has 0 saturated carbocycles. The van der Waals surface area contributed by atoms with Crippen LogP contribution < -0.4 is 11.5 Å². The fourth-order valence-electron chi connectivity index (χ4n) is 2.20. The van der Waals surface area contributed by atoms with E-state index in [-0.39, 0.29) is 11.9 Å². The number of carbonyl (C=O) groups is 1. The Morgan fingerprint density at radius 2 is 2.29 bits per heavy atom. The number of amides is 1. The van der Waals surface area contributed by atoms with Crippen molar-refractivity contribution in [3.8, 4) is 0 Å². The van der Waals surface area contributed by atoms with Gasteiger partial charge in [0.1, 0.15) is 0 Å². The van der Waals surface area contributed by atoms with E-state index in [0.29, 0.717) is 12.6 Å². The Labute approximate surface area is 85.6 Å². The van der Waals surface area contributed by atoms with E-state index in [1.807, 2.05) is 6.92 Å². The van der Waals surface area contributed by atoms with Gasteiger partial charge in [-0.15, -0.1) is 0 Å². The Morgan fingerprint density at radius 3 is 2.86 bits per heavy atom. The molecule has 4 heteroatoms. The lowest BCUT2D eigenvalue weighted by molar-refractivity contribution is -0.124. The third-order valence-corrected chi connectivity index (χ3v) is 3.08. The van der Waals surface area contributed by atoms with Gasteiger partial charge < -0.3 is 11.5 Å². The van der Waals surface area contributed by atoms with E-state index in [1.165, 1.54) is 12.8 Å². The molecule has 1 heterocycles. The summed E-state index contributed by atoms with van der Waals surface area (Å²) in [7, 11) is 0. The summed E-state index contributed by atoms with van der Waals surface area (Å²) in [6.07, 6.45) is 4.53. The summed E-state index contributed by atoms with van der Waals surface area (Å²) >= 11 is 0. The normalized spacial score (nSPS) is 26.0. The van der Waals surface area contributed by atoms with E-state index in [9.17, 15) is 4.79 Å². The van der Waals surface area contributed by atoms with Gasteiger partial charge in [0.2, 0.25) is 5.91 Å². The second-order valence-corrected chi connectivity index (χ2v) is 4.04. The van der Waals surface area contributed by atoms with E-state index in [0.717, 1.165) is 19.4 Å². The van der Waals surface area contributed by atoms with Gasteiger partial charge in [0.25, 0.3) is 0 Å². The van der Waals surface area contributed by atoms with E-state index in [1.54, 1.807) is 0 Å². The van der Waals surface area contributed by atoms with Crippen LogP contribution in [0.3, 0.4) is 0 Å². The lowest BCUT2D eigenvalue weighted by Gasteiger charge is -2.38. The van der Waals surface area contributed by atoms with Gasteiger partial charge in [0.05, 0.1) is 6.04 Å². The van der Waals surface area contributed by atoms with Gasteiger partial charge in [-0.2, -0.15) is 0 Å². The second kappa shape index (κ2) is 5.32. The first-order chi connectivity index (χ1) is 6.66. The van der Waals surface area contributed by atoms with Gasteiger partial charge in [0.15, 0.2) is 0 Å². The highest BCUT2D eigenvalue weighted by Crippen LogP contribution is 2.21. The van der Waals surface area contributed by atoms with Crippen LogP contribution >= 0.6 is 0 Å². The number of nitrogens with two attached hydrogens (primary N) is 2. The highest BCUT2D eigenvalue weighted by molar-refractivity contribution is 5.79. The number of rotatable bonds is 4. The van der Waals surface area contributed by atoms with Crippen molar-refractivity contribution < 1.29 is 4.79 Å². The van der Waals surface area contributed by atoms with Crippen LogP contribution in [0.5, 0.6) is 0 Å². The maximum Gasteiger partial charge on any atom is 0.234 e. The molecule has 0 radical (unpaired) electrons. The minimum Gasteiger partial charge on any atom is -0.368 e. The topological polar surface area (TPSA) is 72.4 Å². The first kappa shape index (κ1) is 11.5. The van der Waals surface area contributed by atoms with Gasteiger partial charge in [-0.1, -0.05) is 6.42 Å². The molecule has 0 spiro atoms. The zero-order chi connectivity index (χ0) is 10.6. The number of primary amides is 1. The quantitative estimate of drug-likeness (QED) is 0.672. The van der Waals surface area contributed by atoms with Crippen molar-refractivity contribution in [1.82, 2.24) is 4.90 Å². The molecule has 14 heavy (non-hydrogen) atoms. The SMILES string of the molecule is CC(C(N)=O)N1CCCCC1CCN. The summed E-state index contributed by atoms with van der Waals surface area (Å²) in [6, 6.07) is 0.308. The van der Waals surface area contributed by atoms with Gasteiger partial charge >= 0.3 is 0 Å². The van der Waals surface area contributed by atoms with Gasteiger partial charge in [0, 0.05) is 6.04 Å². The molecule has 1 aliphatic rings. The molecule has 82 valence electrons. The van der Waals surface area contributed by atoms with Crippen molar-refractivity contribution in [2.24, 2.45) is 11.5 Å². The largest absolute Gasteiger partial charge is 0.368 e. The van der Waals surface area contributed by atoms with Crippen LogP contribution in [0, 0.1) is 0 Å². The predicted octanol–water partition coefficient (Wildman–Crippen LogP) is 0.0635. The zero-order valence-corrected chi connectivity index (χ0v) is 8.91. The van der Waals surface area contributed by atoms with Crippen LogP contribution in [0.15, 0.2) is 0 Å². The highest BCUT2D eigenvalue weighted by Gasteiger charge is 2.28. The van der Waals surface area contributed by atoms with Crippen molar-refractivity contribution in [1.29, 1.82) is 0 Å². The fraction of sp³-hybridized carbons (Fsp3) is 0.900. The standard InChI is InChI=1S/C10H21N3O/c1-8(10(12)14)13-7-3-2-4-9(13)5-6-11/h8-9H,2-7,11H2,1H3,(H2,12,14). The Balaban J connectivity index is 2.57. The maximum atomic E-state index is 11.1. The summed E-state index contributed by atoms with van der Waals surface area (Å²) in [5.41, 5.74) is 10.9. The van der Waals surface area contributed by atoms with Crippen LogP contribution in [0.1, 0.15) is 32.6 Å². The lowest BCUT2D eigenvalue weighted by Crippen LogP contribution is -2.50. The molecule has 1 amide bonds. The average Bonchev–Trinajstić information content (AvgIpc) is 2.18. The monoisotopic (exact) mass is 199 g/mol. The van der Waals surface area contributed by atoms with Crippen molar-refractivity contribution in [2.75, 3.05) is 13.1 Å². The molecule has 1 saturated heterocycles. The summed E-state index contributed by atoms with van der Waals surface area (Å²) in [4.78, 5) is 13.3. The van der Waals surface area contributed by atoms with E-state index in [4.69, 9.17) is 11.5 Å². The molecule has 2 atom stereocenters. The Bertz CT molecular complexity index is 194. The minimum absolute atomic E-state index is 0.146. The molecule has 0 bridgehead atoms. The molecule has 0 aliphatic carbocycles. The minimum atomic E-state index is -0.228. The van der Waals surface area contributed by atoms with Crippen molar-refractivity contribution >= 4 is 5.91 Å².